The summed E-state index contributed by atoms with van der Waals surface area (Å²) in [6.45, 7) is 3.58. The van der Waals surface area contributed by atoms with Crippen molar-refractivity contribution in [2.24, 2.45) is 0 Å². The molecule has 0 fully saturated rings. The fourth-order valence-corrected chi connectivity index (χ4v) is 5.78. The van der Waals surface area contributed by atoms with E-state index in [9.17, 15) is 9.90 Å². The van der Waals surface area contributed by atoms with E-state index >= 15 is 0 Å². The summed E-state index contributed by atoms with van der Waals surface area (Å²) in [5.41, 5.74) is 4.28. The second-order valence-electron chi connectivity index (χ2n) is 11.4. The lowest BCUT2D eigenvalue weighted by Crippen LogP contribution is -2.56. The number of likely N-dealkylation sites (N-methyl/N-ethyl adjacent to an activating group) is 1. The van der Waals surface area contributed by atoms with Crippen LogP contribution in [-0.2, 0) is 15.9 Å². The molecule has 0 saturated carbocycles. The average molecular weight is 570 g/mol. The molecule has 0 spiro atoms. The minimum absolute atomic E-state index is 0.0985. The highest BCUT2D eigenvalue weighted by atomic mass is 16.5. The van der Waals surface area contributed by atoms with Gasteiger partial charge in [0.15, 0.2) is 0 Å². The van der Waals surface area contributed by atoms with Crippen LogP contribution in [0.4, 0.5) is 5.69 Å². The van der Waals surface area contributed by atoms with Gasteiger partial charge in [0.25, 0.3) is 0 Å². The molecule has 5 aromatic rings. The van der Waals surface area contributed by atoms with Crippen molar-refractivity contribution in [2.75, 3.05) is 18.6 Å². The maximum absolute atomic E-state index is 14.2. The van der Waals surface area contributed by atoms with Gasteiger partial charge in [0.05, 0.1) is 16.9 Å². The maximum Gasteiger partial charge on any atom is 0.247 e. The largest absolute Gasteiger partial charge is 0.489 e. The van der Waals surface area contributed by atoms with Crippen LogP contribution in [0.2, 0.25) is 0 Å². The summed E-state index contributed by atoms with van der Waals surface area (Å²) < 4.78 is 6.34. The molecule has 1 amide bonds. The molecule has 1 aromatic heterocycles. The normalized spacial score (nSPS) is 15.4. The molecule has 4 aromatic carbocycles. The molecule has 2 heterocycles. The van der Waals surface area contributed by atoms with Crippen LogP contribution in [0.25, 0.3) is 11.1 Å². The topological polar surface area (TPSA) is 74.7 Å². The third kappa shape index (κ3) is 5.43. The molecule has 2 N–H and O–H groups in total. The number of hydrogen-bond donors (Lipinski definition) is 2. The number of benzene rings is 4. The number of anilines is 1. The minimum atomic E-state index is -1.02. The Labute approximate surface area is 252 Å². The molecule has 0 bridgehead atoms. The van der Waals surface area contributed by atoms with E-state index in [4.69, 9.17) is 4.74 Å². The van der Waals surface area contributed by atoms with E-state index in [0.29, 0.717) is 17.1 Å². The van der Waals surface area contributed by atoms with Gasteiger partial charge in [-0.05, 0) is 54.3 Å². The lowest BCUT2D eigenvalue weighted by molar-refractivity contribution is -0.121. The monoisotopic (exact) mass is 569 g/mol. The Hall–Kier alpha value is -4.78. The first-order valence-corrected chi connectivity index (χ1v) is 14.5. The third-order valence-electron chi connectivity index (χ3n) is 8.09. The van der Waals surface area contributed by atoms with E-state index in [1.165, 1.54) is 0 Å². The standard InChI is InChI=1S/C37H35N3O3/c1-36(2,42)34-22-20-27(24-38-34)26-19-21-33-32(23-26)40(3)35(41)31(25-43-33)39-37(28-13-7-4-8-14-28,29-15-9-5-10-16-29)30-17-11-6-12-18-30/h4-24,31,39,42H,25H2,1-3H3/t31-/m0/s1. The highest BCUT2D eigenvalue weighted by molar-refractivity contribution is 5.99. The van der Waals surface area contributed by atoms with Gasteiger partial charge in [0.1, 0.15) is 24.0 Å². The lowest BCUT2D eigenvalue weighted by Gasteiger charge is -2.39. The van der Waals surface area contributed by atoms with Crippen molar-refractivity contribution in [3.8, 4) is 16.9 Å². The molecule has 1 aliphatic rings. The number of fused-ring (bicyclic) bond motifs is 1. The highest BCUT2D eigenvalue weighted by Crippen LogP contribution is 2.39. The maximum atomic E-state index is 14.2. The first-order valence-electron chi connectivity index (χ1n) is 14.5. The zero-order chi connectivity index (χ0) is 30.0. The van der Waals surface area contributed by atoms with E-state index in [2.05, 4.69) is 46.7 Å². The molecule has 0 unspecified atom stereocenters. The number of aliphatic hydroxyl groups is 1. The van der Waals surface area contributed by atoms with Crippen LogP contribution in [0.5, 0.6) is 5.75 Å². The van der Waals surface area contributed by atoms with Gasteiger partial charge in [-0.2, -0.15) is 0 Å². The van der Waals surface area contributed by atoms with Crippen LogP contribution in [0.3, 0.4) is 0 Å². The number of ether oxygens (including phenoxy) is 1. The van der Waals surface area contributed by atoms with Gasteiger partial charge < -0.3 is 14.7 Å². The highest BCUT2D eigenvalue weighted by Gasteiger charge is 2.42. The molecule has 0 radical (unpaired) electrons. The molecule has 1 aliphatic heterocycles. The Kier molecular flexibility index (Phi) is 7.57. The van der Waals surface area contributed by atoms with E-state index in [0.717, 1.165) is 27.8 Å². The van der Waals surface area contributed by atoms with Gasteiger partial charge in [-0.25, -0.2) is 0 Å². The van der Waals surface area contributed by atoms with E-state index in [1.54, 1.807) is 32.0 Å². The number of pyridine rings is 1. The SMILES string of the molecule is CN1C(=O)[C@@H](NC(c2ccccc2)(c2ccccc2)c2ccccc2)COc2ccc(-c3ccc(C(C)(C)O)nc3)cc21. The Morgan fingerprint density at radius 1 is 0.791 bits per heavy atom. The second-order valence-corrected chi connectivity index (χ2v) is 11.4. The van der Waals surface area contributed by atoms with Crippen molar-refractivity contribution in [2.45, 2.75) is 31.0 Å². The summed E-state index contributed by atoms with van der Waals surface area (Å²) in [5, 5.41) is 14.1. The van der Waals surface area contributed by atoms with Crippen LogP contribution >= 0.6 is 0 Å². The number of aromatic nitrogens is 1. The fourth-order valence-electron chi connectivity index (χ4n) is 5.78. The van der Waals surface area contributed by atoms with Gasteiger partial charge in [-0.15, -0.1) is 0 Å². The summed E-state index contributed by atoms with van der Waals surface area (Å²) in [6, 6.07) is 39.6. The van der Waals surface area contributed by atoms with E-state index in [1.807, 2.05) is 84.9 Å². The average Bonchev–Trinajstić information content (AvgIpc) is 3.16. The van der Waals surface area contributed by atoms with Gasteiger partial charge in [-0.3, -0.25) is 15.1 Å². The molecule has 6 rings (SSSR count). The van der Waals surface area contributed by atoms with Crippen molar-refractivity contribution in [3.05, 3.63) is 150 Å². The lowest BCUT2D eigenvalue weighted by atomic mass is 9.76. The second kappa shape index (κ2) is 11.5. The number of hydrogen-bond acceptors (Lipinski definition) is 5. The predicted octanol–water partition coefficient (Wildman–Crippen LogP) is 6.28. The van der Waals surface area contributed by atoms with Crippen molar-refractivity contribution < 1.29 is 14.6 Å². The molecule has 43 heavy (non-hydrogen) atoms. The molecule has 1 atom stereocenters. The predicted molar refractivity (Wildman–Crippen MR) is 170 cm³/mol. The first-order chi connectivity index (χ1) is 20.8. The number of carbonyl (C=O) groups excluding carboxylic acids is 1. The van der Waals surface area contributed by atoms with Crippen LogP contribution in [0, 0.1) is 0 Å². The minimum Gasteiger partial charge on any atom is -0.489 e. The van der Waals surface area contributed by atoms with Gasteiger partial charge in [-0.1, -0.05) is 103 Å². The summed E-state index contributed by atoms with van der Waals surface area (Å²) >= 11 is 0. The van der Waals surface area contributed by atoms with Crippen LogP contribution in [0.15, 0.2) is 128 Å². The van der Waals surface area contributed by atoms with Crippen molar-refractivity contribution in [1.82, 2.24) is 10.3 Å². The van der Waals surface area contributed by atoms with E-state index < -0.39 is 17.2 Å². The quantitative estimate of drug-likeness (QED) is 0.226. The molecular formula is C37H35N3O3. The third-order valence-corrected chi connectivity index (χ3v) is 8.09. The number of amides is 1. The van der Waals surface area contributed by atoms with Gasteiger partial charge in [0.2, 0.25) is 5.91 Å². The summed E-state index contributed by atoms with van der Waals surface area (Å²) in [7, 11) is 1.79. The molecule has 0 aliphatic carbocycles. The molecule has 6 heteroatoms. The summed E-state index contributed by atoms with van der Waals surface area (Å²) in [4.78, 5) is 20.4. The summed E-state index contributed by atoms with van der Waals surface area (Å²) in [5.74, 6) is 0.535. The molecule has 216 valence electrons. The zero-order valence-electron chi connectivity index (χ0n) is 24.6. The van der Waals surface area contributed by atoms with Crippen LogP contribution in [0.1, 0.15) is 36.2 Å². The Bertz CT molecular complexity index is 1600. The van der Waals surface area contributed by atoms with Crippen molar-refractivity contribution >= 4 is 11.6 Å². The molecular weight excluding hydrogens is 534 g/mol. The Morgan fingerprint density at radius 3 is 1.81 bits per heavy atom. The smallest absolute Gasteiger partial charge is 0.247 e. The fraction of sp³-hybridized carbons (Fsp3) is 0.189. The number of carbonyl (C=O) groups is 1. The number of rotatable bonds is 7. The van der Waals surface area contributed by atoms with Crippen LogP contribution in [-0.4, -0.2) is 35.7 Å². The first kappa shape index (κ1) is 28.3. The Balaban J connectivity index is 1.39. The van der Waals surface area contributed by atoms with Crippen LogP contribution < -0.4 is 15.0 Å². The number of nitrogens with zero attached hydrogens (tertiary/aromatic N) is 2. The number of nitrogens with one attached hydrogen (secondary N) is 1. The van der Waals surface area contributed by atoms with Gasteiger partial charge in [0, 0.05) is 18.8 Å². The molecule has 6 nitrogen and oxygen atoms in total. The van der Waals surface area contributed by atoms with Crippen molar-refractivity contribution in [3.63, 3.8) is 0 Å². The van der Waals surface area contributed by atoms with Gasteiger partial charge >= 0.3 is 0 Å². The zero-order valence-corrected chi connectivity index (χ0v) is 24.6. The van der Waals surface area contributed by atoms with E-state index in [-0.39, 0.29) is 12.5 Å². The Morgan fingerprint density at radius 2 is 1.33 bits per heavy atom. The molecule has 0 saturated heterocycles. The van der Waals surface area contributed by atoms with Crippen molar-refractivity contribution in [1.29, 1.82) is 0 Å². The summed E-state index contributed by atoms with van der Waals surface area (Å²) in [6.07, 6.45) is 1.74.